The summed E-state index contributed by atoms with van der Waals surface area (Å²) in [5.41, 5.74) is 1.02. The van der Waals surface area contributed by atoms with E-state index in [1.165, 1.54) is 0 Å². The van der Waals surface area contributed by atoms with E-state index in [4.69, 9.17) is 14.2 Å². The van der Waals surface area contributed by atoms with Crippen molar-refractivity contribution in [2.45, 2.75) is 26.9 Å². The van der Waals surface area contributed by atoms with Crippen molar-refractivity contribution < 1.29 is 23.8 Å². The van der Waals surface area contributed by atoms with Gasteiger partial charge in [0.25, 0.3) is 5.91 Å². The SMILES string of the molecule is COc1ccc(OC(C)C(=O)Nc2ccc(C(=O)OCC(C)C)cc2)cc1. The number of hydrogen-bond acceptors (Lipinski definition) is 5. The molecule has 6 nitrogen and oxygen atoms in total. The minimum absolute atomic E-state index is 0.278. The number of amides is 1. The van der Waals surface area contributed by atoms with Gasteiger partial charge in [0.2, 0.25) is 0 Å². The molecule has 0 spiro atoms. The first kappa shape index (κ1) is 20.3. The molecule has 0 aliphatic carbocycles. The number of anilines is 1. The summed E-state index contributed by atoms with van der Waals surface area (Å²) in [5, 5.41) is 2.76. The number of carbonyl (C=O) groups is 2. The molecule has 0 radical (unpaired) electrons. The summed E-state index contributed by atoms with van der Waals surface area (Å²) >= 11 is 0. The molecule has 2 rings (SSSR count). The Bertz CT molecular complexity index is 753. The molecule has 2 aromatic rings. The summed E-state index contributed by atoms with van der Waals surface area (Å²) in [6.45, 7) is 5.98. The van der Waals surface area contributed by atoms with Gasteiger partial charge in [-0.25, -0.2) is 4.79 Å². The Morgan fingerprint density at radius 1 is 0.926 bits per heavy atom. The van der Waals surface area contributed by atoms with Gasteiger partial charge >= 0.3 is 5.97 Å². The summed E-state index contributed by atoms with van der Waals surface area (Å²) in [6, 6.07) is 13.5. The molecule has 1 N–H and O–H groups in total. The van der Waals surface area contributed by atoms with Gasteiger partial charge in [-0.3, -0.25) is 4.79 Å². The normalized spacial score (nSPS) is 11.6. The van der Waals surface area contributed by atoms with Crippen LogP contribution in [0.1, 0.15) is 31.1 Å². The highest BCUT2D eigenvalue weighted by atomic mass is 16.5. The molecule has 0 aliphatic heterocycles. The molecule has 27 heavy (non-hydrogen) atoms. The molecule has 1 amide bonds. The van der Waals surface area contributed by atoms with Crippen LogP contribution in [0.3, 0.4) is 0 Å². The van der Waals surface area contributed by atoms with E-state index in [1.54, 1.807) is 62.6 Å². The zero-order valence-electron chi connectivity index (χ0n) is 16.0. The fraction of sp³-hybridized carbons (Fsp3) is 0.333. The molecule has 0 aliphatic rings. The molecule has 1 unspecified atom stereocenters. The van der Waals surface area contributed by atoms with Gasteiger partial charge in [0.15, 0.2) is 6.10 Å². The van der Waals surface area contributed by atoms with E-state index in [2.05, 4.69) is 5.32 Å². The highest BCUT2D eigenvalue weighted by Gasteiger charge is 2.15. The first-order valence-corrected chi connectivity index (χ1v) is 8.77. The van der Waals surface area contributed by atoms with Crippen molar-refractivity contribution in [3.63, 3.8) is 0 Å². The van der Waals surface area contributed by atoms with Gasteiger partial charge in [0.05, 0.1) is 19.3 Å². The Hall–Kier alpha value is -3.02. The molecule has 2 aromatic carbocycles. The topological polar surface area (TPSA) is 73.9 Å². The largest absolute Gasteiger partial charge is 0.497 e. The van der Waals surface area contributed by atoms with Crippen molar-refractivity contribution in [1.82, 2.24) is 0 Å². The highest BCUT2D eigenvalue weighted by molar-refractivity contribution is 5.95. The summed E-state index contributed by atoms with van der Waals surface area (Å²) in [4.78, 5) is 24.2. The lowest BCUT2D eigenvalue weighted by molar-refractivity contribution is -0.122. The first-order chi connectivity index (χ1) is 12.9. The van der Waals surface area contributed by atoms with Crippen LogP contribution < -0.4 is 14.8 Å². The van der Waals surface area contributed by atoms with Crippen molar-refractivity contribution >= 4 is 17.6 Å². The smallest absolute Gasteiger partial charge is 0.338 e. The lowest BCUT2D eigenvalue weighted by Gasteiger charge is -2.15. The van der Waals surface area contributed by atoms with Crippen molar-refractivity contribution in [2.24, 2.45) is 5.92 Å². The predicted octanol–water partition coefficient (Wildman–Crippen LogP) is 3.91. The second-order valence-electron chi connectivity index (χ2n) is 6.49. The number of methoxy groups -OCH3 is 1. The molecule has 0 heterocycles. The number of ether oxygens (including phenoxy) is 3. The molecule has 6 heteroatoms. The monoisotopic (exact) mass is 371 g/mol. The Balaban J connectivity index is 1.89. The predicted molar refractivity (Wildman–Crippen MR) is 103 cm³/mol. The number of rotatable bonds is 8. The van der Waals surface area contributed by atoms with Gasteiger partial charge in [-0.1, -0.05) is 13.8 Å². The second-order valence-corrected chi connectivity index (χ2v) is 6.49. The van der Waals surface area contributed by atoms with Crippen molar-refractivity contribution in [2.75, 3.05) is 19.0 Å². The summed E-state index contributed by atoms with van der Waals surface area (Å²) in [5.74, 6) is 0.895. The molecule has 0 fully saturated rings. The van der Waals surface area contributed by atoms with Crippen LogP contribution in [0.2, 0.25) is 0 Å². The minimum atomic E-state index is -0.686. The lowest BCUT2D eigenvalue weighted by Crippen LogP contribution is -2.30. The molecule has 0 saturated heterocycles. The quantitative estimate of drug-likeness (QED) is 0.712. The Morgan fingerprint density at radius 2 is 1.52 bits per heavy atom. The maximum absolute atomic E-state index is 12.3. The van der Waals surface area contributed by atoms with Gasteiger partial charge in [-0.2, -0.15) is 0 Å². The molecule has 0 saturated carbocycles. The van der Waals surface area contributed by atoms with E-state index < -0.39 is 6.10 Å². The first-order valence-electron chi connectivity index (χ1n) is 8.77. The van der Waals surface area contributed by atoms with Crippen LogP contribution in [0.15, 0.2) is 48.5 Å². The van der Waals surface area contributed by atoms with E-state index in [1.807, 2.05) is 13.8 Å². The van der Waals surface area contributed by atoms with Crippen molar-refractivity contribution in [3.05, 3.63) is 54.1 Å². The maximum atomic E-state index is 12.3. The van der Waals surface area contributed by atoms with Crippen molar-refractivity contribution in [1.29, 1.82) is 0 Å². The molecule has 0 aromatic heterocycles. The van der Waals surface area contributed by atoms with Crippen LogP contribution in [-0.4, -0.2) is 31.7 Å². The standard InChI is InChI=1S/C21H25NO5/c1-14(2)13-26-21(24)16-5-7-17(8-6-16)22-20(23)15(3)27-19-11-9-18(25-4)10-12-19/h5-12,14-15H,13H2,1-4H3,(H,22,23). The molecular weight excluding hydrogens is 346 g/mol. The summed E-state index contributed by atoms with van der Waals surface area (Å²) in [6.07, 6.45) is -0.686. The Kier molecular flexibility index (Phi) is 7.23. The molecule has 1 atom stereocenters. The molecule has 0 bridgehead atoms. The zero-order chi connectivity index (χ0) is 19.8. The number of hydrogen-bond donors (Lipinski definition) is 1. The van der Waals surface area contributed by atoms with Gasteiger partial charge < -0.3 is 19.5 Å². The van der Waals surface area contributed by atoms with Gasteiger partial charge in [0, 0.05) is 5.69 Å². The average molecular weight is 371 g/mol. The van der Waals surface area contributed by atoms with Crippen LogP contribution in [0.4, 0.5) is 5.69 Å². The van der Waals surface area contributed by atoms with Crippen molar-refractivity contribution in [3.8, 4) is 11.5 Å². The van der Waals surface area contributed by atoms with Gasteiger partial charge in [-0.15, -0.1) is 0 Å². The second kappa shape index (κ2) is 9.62. The molecular formula is C21H25NO5. The third-order valence-corrected chi connectivity index (χ3v) is 3.68. The van der Waals surface area contributed by atoms with Crippen LogP contribution in [0.5, 0.6) is 11.5 Å². The third kappa shape index (κ3) is 6.33. The van der Waals surface area contributed by atoms with E-state index in [0.29, 0.717) is 29.4 Å². The number of nitrogens with one attached hydrogen (secondary N) is 1. The number of esters is 1. The Labute approximate surface area is 159 Å². The number of benzene rings is 2. The Morgan fingerprint density at radius 3 is 2.07 bits per heavy atom. The van der Waals surface area contributed by atoms with Crippen LogP contribution in [0.25, 0.3) is 0 Å². The van der Waals surface area contributed by atoms with Crippen LogP contribution in [-0.2, 0) is 9.53 Å². The minimum Gasteiger partial charge on any atom is -0.497 e. The van der Waals surface area contributed by atoms with E-state index in [9.17, 15) is 9.59 Å². The summed E-state index contributed by atoms with van der Waals surface area (Å²) < 4.78 is 15.9. The van der Waals surface area contributed by atoms with Gasteiger partial charge in [0.1, 0.15) is 11.5 Å². The summed E-state index contributed by atoms with van der Waals surface area (Å²) in [7, 11) is 1.58. The van der Waals surface area contributed by atoms with Crippen LogP contribution in [0, 0.1) is 5.92 Å². The fourth-order valence-corrected chi connectivity index (χ4v) is 2.17. The van der Waals surface area contributed by atoms with E-state index >= 15 is 0 Å². The van der Waals surface area contributed by atoms with E-state index in [0.717, 1.165) is 0 Å². The number of carbonyl (C=O) groups excluding carboxylic acids is 2. The van der Waals surface area contributed by atoms with Gasteiger partial charge in [-0.05, 0) is 61.4 Å². The average Bonchev–Trinajstić information content (AvgIpc) is 2.67. The lowest BCUT2D eigenvalue weighted by atomic mass is 10.2. The fourth-order valence-electron chi connectivity index (χ4n) is 2.17. The third-order valence-electron chi connectivity index (χ3n) is 3.68. The molecule has 144 valence electrons. The highest BCUT2D eigenvalue weighted by Crippen LogP contribution is 2.19. The zero-order valence-corrected chi connectivity index (χ0v) is 16.0. The maximum Gasteiger partial charge on any atom is 0.338 e. The van der Waals surface area contributed by atoms with Crippen LogP contribution >= 0.6 is 0 Å². The van der Waals surface area contributed by atoms with E-state index in [-0.39, 0.29) is 17.8 Å².